The minimum absolute atomic E-state index is 0.00524. The first-order valence-corrected chi connectivity index (χ1v) is 9.59. The van der Waals surface area contributed by atoms with E-state index >= 15 is 0 Å². The van der Waals surface area contributed by atoms with Crippen LogP contribution in [0.5, 0.6) is 0 Å². The van der Waals surface area contributed by atoms with E-state index < -0.39 is 17.8 Å². The number of hydrogen-bond acceptors (Lipinski definition) is 4. The largest absolute Gasteiger partial charge is 0.398 e. The summed E-state index contributed by atoms with van der Waals surface area (Å²) in [6.45, 7) is 4.96. The van der Waals surface area contributed by atoms with Gasteiger partial charge in [-0.3, -0.25) is 9.59 Å². The Hall–Kier alpha value is -2.55. The molecule has 1 N–H and O–H groups in total. The maximum absolute atomic E-state index is 12.5. The number of hydrogen-bond donors (Lipinski definition) is 1. The zero-order chi connectivity index (χ0) is 20.7. The van der Waals surface area contributed by atoms with Crippen LogP contribution >= 0.6 is 11.8 Å². The molecule has 0 saturated carbocycles. The molecule has 0 unspecified atom stereocenters. The van der Waals surface area contributed by atoms with Crippen molar-refractivity contribution in [2.24, 2.45) is 0 Å². The molecule has 0 atom stereocenters. The molecule has 2 aromatic rings. The standard InChI is InChI=1S/C19H20F3N3O2S/c1-3-25(4-2)18(27)13-7-9-14(10-8-13)24-16(26)15-6-5-11-23-17(15)28-12-19(20,21)22/h5-11H,3-4,12H2,1-2H3,(H,24,26). The number of pyridine rings is 1. The van der Waals surface area contributed by atoms with Gasteiger partial charge in [-0.1, -0.05) is 11.8 Å². The second kappa shape index (κ2) is 9.59. The average Bonchev–Trinajstić information content (AvgIpc) is 2.67. The normalized spacial score (nSPS) is 11.2. The summed E-state index contributed by atoms with van der Waals surface area (Å²) in [5.41, 5.74) is 0.973. The molecule has 1 heterocycles. The van der Waals surface area contributed by atoms with Gasteiger partial charge in [0, 0.05) is 30.5 Å². The quantitative estimate of drug-likeness (QED) is 0.683. The second-order valence-corrected chi connectivity index (χ2v) is 6.73. The molecule has 2 amide bonds. The molecule has 0 fully saturated rings. The smallest absolute Gasteiger partial charge is 0.339 e. The van der Waals surface area contributed by atoms with Gasteiger partial charge >= 0.3 is 6.18 Å². The maximum Gasteiger partial charge on any atom is 0.398 e. The highest BCUT2D eigenvalue weighted by Crippen LogP contribution is 2.28. The van der Waals surface area contributed by atoms with E-state index in [1.165, 1.54) is 18.3 Å². The summed E-state index contributed by atoms with van der Waals surface area (Å²) in [6.07, 6.45) is -3.02. The Morgan fingerprint density at radius 3 is 2.32 bits per heavy atom. The minimum atomic E-state index is -4.36. The lowest BCUT2D eigenvalue weighted by atomic mass is 10.1. The van der Waals surface area contributed by atoms with Crippen LogP contribution in [-0.4, -0.2) is 46.7 Å². The number of thioether (sulfide) groups is 1. The van der Waals surface area contributed by atoms with Crippen LogP contribution in [0.3, 0.4) is 0 Å². The summed E-state index contributed by atoms with van der Waals surface area (Å²) in [6, 6.07) is 9.25. The Bertz CT molecular complexity index is 822. The summed E-state index contributed by atoms with van der Waals surface area (Å²) in [4.78, 5) is 30.3. The number of anilines is 1. The molecule has 0 radical (unpaired) electrons. The van der Waals surface area contributed by atoms with E-state index in [9.17, 15) is 22.8 Å². The molecule has 0 bridgehead atoms. The summed E-state index contributed by atoms with van der Waals surface area (Å²) in [7, 11) is 0. The van der Waals surface area contributed by atoms with Crippen molar-refractivity contribution in [2.45, 2.75) is 25.0 Å². The zero-order valence-corrected chi connectivity index (χ0v) is 16.2. The van der Waals surface area contributed by atoms with Crippen LogP contribution < -0.4 is 5.32 Å². The number of alkyl halides is 3. The van der Waals surface area contributed by atoms with Crippen molar-refractivity contribution in [3.8, 4) is 0 Å². The van der Waals surface area contributed by atoms with Gasteiger partial charge in [-0.25, -0.2) is 4.98 Å². The molecular formula is C19H20F3N3O2S. The van der Waals surface area contributed by atoms with Gasteiger partial charge in [0.05, 0.1) is 11.3 Å². The van der Waals surface area contributed by atoms with E-state index in [2.05, 4.69) is 10.3 Å². The van der Waals surface area contributed by atoms with E-state index in [1.807, 2.05) is 13.8 Å². The van der Waals surface area contributed by atoms with Crippen molar-refractivity contribution in [2.75, 3.05) is 24.2 Å². The molecule has 5 nitrogen and oxygen atoms in total. The van der Waals surface area contributed by atoms with E-state index in [0.29, 0.717) is 36.1 Å². The van der Waals surface area contributed by atoms with Gasteiger partial charge in [-0.2, -0.15) is 13.2 Å². The molecule has 2 rings (SSSR count). The first-order valence-electron chi connectivity index (χ1n) is 8.60. The molecule has 0 saturated heterocycles. The summed E-state index contributed by atoms with van der Waals surface area (Å²) in [5.74, 6) is -1.81. The minimum Gasteiger partial charge on any atom is -0.339 e. The number of aromatic nitrogens is 1. The molecule has 9 heteroatoms. The Balaban J connectivity index is 2.10. The van der Waals surface area contributed by atoms with E-state index in [4.69, 9.17) is 0 Å². The van der Waals surface area contributed by atoms with Gasteiger partial charge in [0.15, 0.2) is 0 Å². The fourth-order valence-electron chi connectivity index (χ4n) is 2.42. The van der Waals surface area contributed by atoms with Crippen molar-refractivity contribution in [1.29, 1.82) is 0 Å². The summed E-state index contributed by atoms with van der Waals surface area (Å²) in [5, 5.41) is 2.63. The molecule has 0 aliphatic rings. The Morgan fingerprint density at radius 1 is 1.11 bits per heavy atom. The topological polar surface area (TPSA) is 62.3 Å². The van der Waals surface area contributed by atoms with E-state index in [1.54, 1.807) is 29.2 Å². The van der Waals surface area contributed by atoms with Crippen LogP contribution in [0, 0.1) is 0 Å². The van der Waals surface area contributed by atoms with Crippen LogP contribution in [0.25, 0.3) is 0 Å². The molecule has 0 aliphatic heterocycles. The number of benzene rings is 1. The van der Waals surface area contributed by atoms with Gasteiger partial charge in [-0.05, 0) is 50.2 Å². The number of halogens is 3. The molecule has 0 aliphatic carbocycles. The van der Waals surface area contributed by atoms with Gasteiger partial charge in [0.25, 0.3) is 11.8 Å². The number of rotatable bonds is 7. The Kier molecular flexibility index (Phi) is 7.45. The third-order valence-corrected chi connectivity index (χ3v) is 4.90. The second-order valence-electron chi connectivity index (χ2n) is 5.77. The van der Waals surface area contributed by atoms with Gasteiger partial charge in [0.2, 0.25) is 0 Å². The van der Waals surface area contributed by atoms with Crippen LogP contribution in [0.4, 0.5) is 18.9 Å². The van der Waals surface area contributed by atoms with Gasteiger partial charge < -0.3 is 10.2 Å². The van der Waals surface area contributed by atoms with Crippen molar-refractivity contribution in [1.82, 2.24) is 9.88 Å². The van der Waals surface area contributed by atoms with Crippen LogP contribution in [0.2, 0.25) is 0 Å². The number of carbonyl (C=O) groups excluding carboxylic acids is 2. The van der Waals surface area contributed by atoms with E-state index in [0.717, 1.165) is 0 Å². The summed E-state index contributed by atoms with van der Waals surface area (Å²) >= 11 is 0.460. The Labute approximate surface area is 165 Å². The number of amides is 2. The van der Waals surface area contributed by atoms with Crippen molar-refractivity contribution in [3.63, 3.8) is 0 Å². The van der Waals surface area contributed by atoms with Crippen LogP contribution in [0.15, 0.2) is 47.6 Å². The average molecular weight is 411 g/mol. The van der Waals surface area contributed by atoms with Crippen molar-refractivity contribution >= 4 is 29.3 Å². The predicted molar refractivity (Wildman–Crippen MR) is 103 cm³/mol. The molecule has 1 aromatic carbocycles. The SMILES string of the molecule is CCN(CC)C(=O)c1ccc(NC(=O)c2cccnc2SCC(F)(F)F)cc1. The third-order valence-electron chi connectivity index (χ3n) is 3.83. The molecule has 150 valence electrons. The van der Waals surface area contributed by atoms with Crippen LogP contribution in [0.1, 0.15) is 34.6 Å². The van der Waals surface area contributed by atoms with Gasteiger partial charge in [-0.15, -0.1) is 0 Å². The first kappa shape index (κ1) is 21.7. The fraction of sp³-hybridized carbons (Fsp3) is 0.316. The monoisotopic (exact) mass is 411 g/mol. The first-order chi connectivity index (χ1) is 13.2. The lowest BCUT2D eigenvalue weighted by Gasteiger charge is -2.18. The molecule has 0 spiro atoms. The lowest BCUT2D eigenvalue weighted by molar-refractivity contribution is -0.105. The Morgan fingerprint density at radius 2 is 1.75 bits per heavy atom. The third kappa shape index (κ3) is 5.98. The van der Waals surface area contributed by atoms with Crippen LogP contribution in [-0.2, 0) is 0 Å². The molecule has 28 heavy (non-hydrogen) atoms. The number of nitrogens with one attached hydrogen (secondary N) is 1. The highest BCUT2D eigenvalue weighted by molar-refractivity contribution is 7.99. The van der Waals surface area contributed by atoms with Gasteiger partial charge in [0.1, 0.15) is 5.03 Å². The summed E-state index contributed by atoms with van der Waals surface area (Å²) < 4.78 is 37.4. The zero-order valence-electron chi connectivity index (χ0n) is 15.4. The van der Waals surface area contributed by atoms with Crippen molar-refractivity contribution in [3.05, 3.63) is 53.7 Å². The highest BCUT2D eigenvalue weighted by atomic mass is 32.2. The maximum atomic E-state index is 12.5. The molecular weight excluding hydrogens is 391 g/mol. The van der Waals surface area contributed by atoms with Crippen molar-refractivity contribution < 1.29 is 22.8 Å². The number of carbonyl (C=O) groups is 2. The predicted octanol–water partition coefficient (Wildman–Crippen LogP) is 4.47. The number of nitrogens with zero attached hydrogens (tertiary/aromatic N) is 2. The highest BCUT2D eigenvalue weighted by Gasteiger charge is 2.28. The fourth-order valence-corrected chi connectivity index (χ4v) is 3.17. The lowest BCUT2D eigenvalue weighted by Crippen LogP contribution is -2.30. The van der Waals surface area contributed by atoms with E-state index in [-0.39, 0.29) is 16.5 Å². The molecule has 1 aromatic heterocycles.